The number of thiazole rings is 1. The molecule has 1 amide bonds. The van der Waals surface area contributed by atoms with Gasteiger partial charge in [-0.15, -0.1) is 0 Å². The average Bonchev–Trinajstić information content (AvgIpc) is 3.35. The van der Waals surface area contributed by atoms with Gasteiger partial charge >= 0.3 is 0 Å². The minimum absolute atomic E-state index is 0.0574. The lowest BCUT2D eigenvalue weighted by Crippen LogP contribution is -2.37. The number of rotatable bonds is 5. The maximum absolute atomic E-state index is 13.4. The summed E-state index contributed by atoms with van der Waals surface area (Å²) in [4.78, 5) is 19.7. The second-order valence-electron chi connectivity index (χ2n) is 6.63. The normalized spacial score (nSPS) is 16.3. The van der Waals surface area contributed by atoms with E-state index < -0.39 is 0 Å². The van der Waals surface area contributed by atoms with Crippen molar-refractivity contribution >= 4 is 67.4 Å². The smallest absolute Gasteiger partial charge is 0.260 e. The van der Waals surface area contributed by atoms with E-state index in [1.54, 1.807) is 42.3 Å². The van der Waals surface area contributed by atoms with E-state index in [-0.39, 0.29) is 12.0 Å². The molecular weight excluding hydrogens is 455 g/mol. The van der Waals surface area contributed by atoms with Gasteiger partial charge < -0.3 is 9.47 Å². The van der Waals surface area contributed by atoms with Crippen molar-refractivity contribution < 1.29 is 14.3 Å². The third-order valence-electron chi connectivity index (χ3n) is 4.66. The molecule has 0 aliphatic carbocycles. The van der Waals surface area contributed by atoms with Crippen LogP contribution in [0.1, 0.15) is 23.2 Å². The summed E-state index contributed by atoms with van der Waals surface area (Å²) in [6, 6.07) is 8.30. The molecule has 0 radical (unpaired) electrons. The molecule has 5 nitrogen and oxygen atoms in total. The molecule has 4 rings (SSSR count). The molecule has 1 aliphatic rings. The van der Waals surface area contributed by atoms with E-state index in [4.69, 9.17) is 44.3 Å². The summed E-state index contributed by atoms with van der Waals surface area (Å²) in [7, 11) is 1.57. The Kier molecular flexibility index (Phi) is 6.18. The van der Waals surface area contributed by atoms with E-state index in [9.17, 15) is 4.79 Å². The van der Waals surface area contributed by atoms with Crippen LogP contribution in [0.3, 0.4) is 0 Å². The summed E-state index contributed by atoms with van der Waals surface area (Å²) in [6.07, 6.45) is 1.79. The number of carbonyl (C=O) groups excluding carboxylic acids is 1. The van der Waals surface area contributed by atoms with Gasteiger partial charge in [-0.1, -0.05) is 46.1 Å². The molecular formula is C20H17Cl3N2O3S. The van der Waals surface area contributed by atoms with Gasteiger partial charge in [-0.3, -0.25) is 9.69 Å². The first-order valence-corrected chi connectivity index (χ1v) is 10.9. The molecule has 0 spiro atoms. The summed E-state index contributed by atoms with van der Waals surface area (Å²) < 4.78 is 11.9. The fraction of sp³-hybridized carbons (Fsp3) is 0.300. The van der Waals surface area contributed by atoms with E-state index in [0.29, 0.717) is 50.2 Å². The van der Waals surface area contributed by atoms with Crippen molar-refractivity contribution in [3.05, 3.63) is 51.0 Å². The minimum Gasteiger partial charge on any atom is -0.494 e. The van der Waals surface area contributed by atoms with Gasteiger partial charge in [0.2, 0.25) is 0 Å². The molecule has 1 unspecified atom stereocenters. The van der Waals surface area contributed by atoms with Crippen LogP contribution in [0.4, 0.5) is 5.13 Å². The summed E-state index contributed by atoms with van der Waals surface area (Å²) >= 11 is 19.9. The number of halogens is 3. The van der Waals surface area contributed by atoms with Crippen molar-refractivity contribution in [2.24, 2.45) is 0 Å². The molecule has 152 valence electrons. The van der Waals surface area contributed by atoms with Gasteiger partial charge in [-0.05, 0) is 43.2 Å². The predicted octanol–water partition coefficient (Wildman–Crippen LogP) is 6.09. The first-order valence-electron chi connectivity index (χ1n) is 8.99. The number of ether oxygens (including phenoxy) is 2. The maximum Gasteiger partial charge on any atom is 0.260 e. The number of nitrogens with zero attached hydrogens (tertiary/aromatic N) is 2. The minimum atomic E-state index is -0.251. The van der Waals surface area contributed by atoms with Gasteiger partial charge in [0, 0.05) is 22.2 Å². The van der Waals surface area contributed by atoms with Gasteiger partial charge in [-0.2, -0.15) is 0 Å². The van der Waals surface area contributed by atoms with Crippen molar-refractivity contribution in [3.8, 4) is 5.75 Å². The largest absolute Gasteiger partial charge is 0.494 e. The molecule has 1 atom stereocenters. The summed E-state index contributed by atoms with van der Waals surface area (Å²) in [6.45, 7) is 1.07. The fourth-order valence-electron chi connectivity index (χ4n) is 3.29. The Balaban J connectivity index is 1.79. The van der Waals surface area contributed by atoms with Crippen molar-refractivity contribution in [1.29, 1.82) is 0 Å². The van der Waals surface area contributed by atoms with Crippen LogP contribution in [0.5, 0.6) is 5.75 Å². The van der Waals surface area contributed by atoms with E-state index in [0.717, 1.165) is 17.5 Å². The van der Waals surface area contributed by atoms with Gasteiger partial charge in [0.1, 0.15) is 11.3 Å². The van der Waals surface area contributed by atoms with Gasteiger partial charge in [-0.25, -0.2) is 4.98 Å². The van der Waals surface area contributed by atoms with Crippen molar-refractivity contribution in [1.82, 2.24) is 4.98 Å². The van der Waals surface area contributed by atoms with Crippen LogP contribution in [-0.4, -0.2) is 37.3 Å². The average molecular weight is 472 g/mol. The first-order chi connectivity index (χ1) is 14.0. The summed E-state index contributed by atoms with van der Waals surface area (Å²) in [5.41, 5.74) is 1.01. The second-order valence-corrected chi connectivity index (χ2v) is 8.89. The van der Waals surface area contributed by atoms with Crippen molar-refractivity contribution in [2.75, 3.05) is 25.2 Å². The molecule has 0 bridgehead atoms. The Bertz CT molecular complexity index is 1050. The lowest BCUT2D eigenvalue weighted by molar-refractivity contribution is 0.0917. The van der Waals surface area contributed by atoms with Crippen LogP contribution in [-0.2, 0) is 4.74 Å². The highest BCUT2D eigenvalue weighted by molar-refractivity contribution is 7.23. The maximum atomic E-state index is 13.4. The number of amides is 1. The van der Waals surface area contributed by atoms with Crippen LogP contribution < -0.4 is 9.64 Å². The third-order valence-corrected chi connectivity index (χ3v) is 6.64. The first kappa shape index (κ1) is 20.7. The van der Waals surface area contributed by atoms with Gasteiger partial charge in [0.25, 0.3) is 5.91 Å². The zero-order valence-electron chi connectivity index (χ0n) is 15.5. The molecule has 0 N–H and O–H groups in total. The highest BCUT2D eigenvalue weighted by atomic mass is 35.5. The fourth-order valence-corrected chi connectivity index (χ4v) is 5.08. The van der Waals surface area contributed by atoms with E-state index >= 15 is 0 Å². The molecule has 1 fully saturated rings. The number of methoxy groups -OCH3 is 1. The van der Waals surface area contributed by atoms with Gasteiger partial charge in [0.15, 0.2) is 5.13 Å². The van der Waals surface area contributed by atoms with Crippen LogP contribution in [0, 0.1) is 0 Å². The molecule has 0 saturated carbocycles. The van der Waals surface area contributed by atoms with E-state index in [2.05, 4.69) is 4.98 Å². The van der Waals surface area contributed by atoms with Crippen LogP contribution >= 0.6 is 46.1 Å². The quantitative estimate of drug-likeness (QED) is 0.452. The van der Waals surface area contributed by atoms with E-state index in [1.165, 1.54) is 11.3 Å². The Morgan fingerprint density at radius 3 is 2.69 bits per heavy atom. The van der Waals surface area contributed by atoms with Crippen molar-refractivity contribution in [2.45, 2.75) is 18.9 Å². The number of hydrogen-bond donors (Lipinski definition) is 0. The highest BCUT2D eigenvalue weighted by Crippen LogP contribution is 2.39. The molecule has 3 aromatic rings. The number of hydrogen-bond acceptors (Lipinski definition) is 5. The predicted molar refractivity (Wildman–Crippen MR) is 118 cm³/mol. The molecule has 1 aromatic heterocycles. The standard InChI is InChI=1S/C20H17Cl3N2O3S/c1-27-16-5-4-15(23)18-17(16)24-20(29-18)25(10-14-3-2-6-28-14)19(26)11-7-12(21)9-13(22)8-11/h4-5,7-9,14H,2-3,6,10H2,1H3. The molecule has 2 aromatic carbocycles. The number of benzene rings is 2. The lowest BCUT2D eigenvalue weighted by atomic mass is 10.1. The molecule has 2 heterocycles. The van der Waals surface area contributed by atoms with E-state index in [1.807, 2.05) is 0 Å². The third kappa shape index (κ3) is 4.32. The number of anilines is 1. The lowest BCUT2D eigenvalue weighted by Gasteiger charge is -2.23. The summed E-state index contributed by atoms with van der Waals surface area (Å²) in [5.74, 6) is 0.348. The Morgan fingerprint density at radius 2 is 2.03 bits per heavy atom. The van der Waals surface area contributed by atoms with Crippen LogP contribution in [0.25, 0.3) is 10.2 Å². The Morgan fingerprint density at radius 1 is 1.28 bits per heavy atom. The number of aromatic nitrogens is 1. The molecule has 29 heavy (non-hydrogen) atoms. The Labute approximate surface area is 187 Å². The SMILES string of the molecule is COc1ccc(Cl)c2sc(N(CC3CCCO3)C(=O)c3cc(Cl)cc(Cl)c3)nc12. The highest BCUT2D eigenvalue weighted by Gasteiger charge is 2.28. The summed E-state index contributed by atoms with van der Waals surface area (Å²) in [5, 5.41) is 1.86. The number of fused-ring (bicyclic) bond motifs is 1. The van der Waals surface area contributed by atoms with Gasteiger partial charge in [0.05, 0.1) is 29.5 Å². The zero-order chi connectivity index (χ0) is 20.5. The Hall–Kier alpha value is -1.57. The molecule has 9 heteroatoms. The second kappa shape index (κ2) is 8.66. The van der Waals surface area contributed by atoms with Crippen LogP contribution in [0.15, 0.2) is 30.3 Å². The monoisotopic (exact) mass is 470 g/mol. The van der Waals surface area contributed by atoms with Crippen molar-refractivity contribution in [3.63, 3.8) is 0 Å². The molecule has 1 aliphatic heterocycles. The molecule has 1 saturated heterocycles. The number of carbonyl (C=O) groups is 1. The topological polar surface area (TPSA) is 51.7 Å². The van der Waals surface area contributed by atoms with Crippen LogP contribution in [0.2, 0.25) is 15.1 Å². The zero-order valence-corrected chi connectivity index (χ0v) is 18.5.